The molecule has 13 heavy (non-hydrogen) atoms. The Morgan fingerprint density at radius 3 is 2.77 bits per heavy atom. The Balaban J connectivity index is 2.31. The molecule has 3 heteroatoms. The minimum Gasteiger partial charge on any atom is -0.486 e. The highest BCUT2D eigenvalue weighted by molar-refractivity contribution is 5.57. The van der Waals surface area contributed by atoms with E-state index in [9.17, 15) is 0 Å². The third kappa shape index (κ3) is 1.52. The normalized spacial score (nSPS) is 13.2. The third-order valence-corrected chi connectivity index (χ3v) is 1.76. The van der Waals surface area contributed by atoms with E-state index in [2.05, 4.69) is 11.4 Å². The highest BCUT2D eigenvalue weighted by Crippen LogP contribution is 2.32. The van der Waals surface area contributed by atoms with Crippen LogP contribution in [0, 0.1) is 12.5 Å². The predicted molar refractivity (Wildman–Crippen MR) is 49.9 cm³/mol. The Morgan fingerprint density at radius 1 is 1.23 bits per heavy atom. The van der Waals surface area contributed by atoms with Crippen LogP contribution in [0.1, 0.15) is 0 Å². The summed E-state index contributed by atoms with van der Waals surface area (Å²) in [5.41, 5.74) is 0.840. The Hall–Kier alpha value is -1.82. The van der Waals surface area contributed by atoms with Gasteiger partial charge in [-0.25, -0.2) is 0 Å². The van der Waals surface area contributed by atoms with Crippen LogP contribution in [-0.2, 0) is 0 Å². The molecular formula is C10H9NO2. The summed E-state index contributed by atoms with van der Waals surface area (Å²) in [7, 11) is 0. The molecule has 0 saturated heterocycles. The van der Waals surface area contributed by atoms with Gasteiger partial charge in [-0.05, 0) is 12.1 Å². The average Bonchev–Trinajstić information content (AvgIpc) is 2.18. The summed E-state index contributed by atoms with van der Waals surface area (Å²) in [6.07, 6.45) is 5.10. The first-order valence-corrected chi connectivity index (χ1v) is 4.01. The van der Waals surface area contributed by atoms with Crippen LogP contribution in [0.3, 0.4) is 0 Å². The van der Waals surface area contributed by atoms with Gasteiger partial charge in [0, 0.05) is 17.8 Å². The summed E-state index contributed by atoms with van der Waals surface area (Å²) < 4.78 is 10.7. The topological polar surface area (TPSA) is 30.5 Å². The molecule has 3 nitrogen and oxygen atoms in total. The van der Waals surface area contributed by atoms with Gasteiger partial charge >= 0.3 is 0 Å². The van der Waals surface area contributed by atoms with Crippen LogP contribution in [0.2, 0.25) is 0 Å². The van der Waals surface area contributed by atoms with E-state index in [1.165, 1.54) is 0 Å². The lowest BCUT2D eigenvalue weighted by Crippen LogP contribution is -2.15. The fourth-order valence-corrected chi connectivity index (χ4v) is 1.20. The second-order valence-electron chi connectivity index (χ2n) is 2.63. The third-order valence-electron chi connectivity index (χ3n) is 1.76. The molecule has 1 aliphatic heterocycles. The minimum absolute atomic E-state index is 0.590. The van der Waals surface area contributed by atoms with Crippen LogP contribution in [0.4, 0.5) is 5.69 Å². The smallest absolute Gasteiger partial charge is 0.163 e. The second kappa shape index (κ2) is 3.28. The molecule has 1 aromatic rings. The van der Waals surface area contributed by atoms with E-state index in [1.807, 2.05) is 18.2 Å². The molecule has 0 aliphatic carbocycles. The van der Waals surface area contributed by atoms with Gasteiger partial charge < -0.3 is 14.8 Å². The maximum Gasteiger partial charge on any atom is 0.163 e. The molecule has 0 spiro atoms. The number of nitrogens with one attached hydrogen (secondary N) is 1. The second-order valence-corrected chi connectivity index (χ2v) is 2.63. The lowest BCUT2D eigenvalue weighted by molar-refractivity contribution is 0.171. The van der Waals surface area contributed by atoms with Crippen molar-refractivity contribution in [3.05, 3.63) is 18.2 Å². The van der Waals surface area contributed by atoms with Gasteiger partial charge in [-0.15, -0.1) is 0 Å². The number of rotatable bonds is 1. The number of terminal acetylenes is 1. The number of benzene rings is 1. The van der Waals surface area contributed by atoms with Crippen molar-refractivity contribution in [3.8, 4) is 24.0 Å². The van der Waals surface area contributed by atoms with Crippen molar-refractivity contribution in [2.75, 3.05) is 18.5 Å². The summed E-state index contributed by atoms with van der Waals surface area (Å²) >= 11 is 0. The summed E-state index contributed by atoms with van der Waals surface area (Å²) in [6.45, 7) is 1.20. The molecule has 2 rings (SSSR count). The lowest BCUT2D eigenvalue weighted by Gasteiger charge is -2.18. The van der Waals surface area contributed by atoms with E-state index in [0.717, 1.165) is 17.2 Å². The van der Waals surface area contributed by atoms with Crippen LogP contribution >= 0.6 is 0 Å². The van der Waals surface area contributed by atoms with Crippen molar-refractivity contribution in [2.24, 2.45) is 0 Å². The molecule has 0 bridgehead atoms. The molecule has 1 heterocycles. The number of ether oxygens (including phenoxy) is 2. The minimum atomic E-state index is 0.590. The van der Waals surface area contributed by atoms with Gasteiger partial charge in [0.15, 0.2) is 11.5 Å². The van der Waals surface area contributed by atoms with E-state index in [1.54, 1.807) is 0 Å². The lowest BCUT2D eigenvalue weighted by atomic mass is 10.2. The molecule has 0 atom stereocenters. The fourth-order valence-electron chi connectivity index (χ4n) is 1.20. The first kappa shape index (κ1) is 7.81. The standard InChI is InChI=1S/C10H9NO2/c1-2-11-8-3-4-9-10(7-8)13-6-5-12-9/h1,3-4,7,11H,5-6H2. The average molecular weight is 175 g/mol. The molecule has 0 saturated carbocycles. The molecule has 0 unspecified atom stereocenters. The van der Waals surface area contributed by atoms with Crippen molar-refractivity contribution in [2.45, 2.75) is 0 Å². The molecule has 0 radical (unpaired) electrons. The maximum absolute atomic E-state index is 5.38. The molecule has 0 fully saturated rings. The molecular weight excluding hydrogens is 166 g/mol. The molecule has 0 aromatic heterocycles. The number of hydrogen-bond acceptors (Lipinski definition) is 3. The molecule has 66 valence electrons. The quantitative estimate of drug-likeness (QED) is 0.517. The zero-order valence-electron chi connectivity index (χ0n) is 7.04. The van der Waals surface area contributed by atoms with E-state index < -0.39 is 0 Å². The molecule has 1 aromatic carbocycles. The zero-order chi connectivity index (χ0) is 9.10. The van der Waals surface area contributed by atoms with Gasteiger partial charge in [0.25, 0.3) is 0 Å². The van der Waals surface area contributed by atoms with Gasteiger partial charge in [0.1, 0.15) is 13.2 Å². The van der Waals surface area contributed by atoms with Crippen LogP contribution in [0.25, 0.3) is 0 Å². The van der Waals surface area contributed by atoms with Crippen molar-refractivity contribution in [3.63, 3.8) is 0 Å². The van der Waals surface area contributed by atoms with Gasteiger partial charge in [0.2, 0.25) is 0 Å². The highest BCUT2D eigenvalue weighted by atomic mass is 16.6. The van der Waals surface area contributed by atoms with Crippen LogP contribution in [-0.4, -0.2) is 13.2 Å². The first-order valence-electron chi connectivity index (χ1n) is 4.01. The number of fused-ring (bicyclic) bond motifs is 1. The van der Waals surface area contributed by atoms with Gasteiger partial charge in [-0.3, -0.25) is 0 Å². The molecule has 1 aliphatic rings. The monoisotopic (exact) mass is 175 g/mol. The molecule has 0 amide bonds. The highest BCUT2D eigenvalue weighted by Gasteiger charge is 2.10. The van der Waals surface area contributed by atoms with Crippen LogP contribution in [0.15, 0.2) is 18.2 Å². The van der Waals surface area contributed by atoms with E-state index in [-0.39, 0.29) is 0 Å². The molecule has 1 N–H and O–H groups in total. The Bertz CT molecular complexity index is 354. The summed E-state index contributed by atoms with van der Waals surface area (Å²) in [4.78, 5) is 0. The van der Waals surface area contributed by atoms with Gasteiger partial charge in [-0.2, -0.15) is 0 Å². The van der Waals surface area contributed by atoms with E-state index in [0.29, 0.717) is 13.2 Å². The fraction of sp³-hybridized carbons (Fsp3) is 0.200. The van der Waals surface area contributed by atoms with Crippen molar-refractivity contribution < 1.29 is 9.47 Å². The Morgan fingerprint density at radius 2 is 2.00 bits per heavy atom. The summed E-state index contributed by atoms with van der Waals surface area (Å²) in [5.74, 6) is 1.51. The summed E-state index contributed by atoms with van der Waals surface area (Å²) in [6, 6.07) is 7.87. The SMILES string of the molecule is C#CNc1ccc2c(c1)OCCO2. The Labute approximate surface area is 76.7 Å². The number of anilines is 1. The van der Waals surface area contributed by atoms with Crippen molar-refractivity contribution >= 4 is 5.69 Å². The van der Waals surface area contributed by atoms with Gasteiger partial charge in [0.05, 0.1) is 0 Å². The number of hydrogen-bond donors (Lipinski definition) is 1. The zero-order valence-corrected chi connectivity index (χ0v) is 7.04. The Kier molecular flexibility index (Phi) is 1.97. The summed E-state index contributed by atoms with van der Waals surface area (Å²) in [5, 5.41) is 2.75. The van der Waals surface area contributed by atoms with Crippen LogP contribution < -0.4 is 14.8 Å². The largest absolute Gasteiger partial charge is 0.486 e. The van der Waals surface area contributed by atoms with E-state index in [4.69, 9.17) is 15.9 Å². The van der Waals surface area contributed by atoms with E-state index >= 15 is 0 Å². The van der Waals surface area contributed by atoms with Crippen molar-refractivity contribution in [1.82, 2.24) is 0 Å². The predicted octanol–water partition coefficient (Wildman–Crippen LogP) is 1.46. The van der Waals surface area contributed by atoms with Crippen molar-refractivity contribution in [1.29, 1.82) is 0 Å². The van der Waals surface area contributed by atoms with Crippen LogP contribution in [0.5, 0.6) is 11.5 Å². The maximum atomic E-state index is 5.38. The van der Waals surface area contributed by atoms with Gasteiger partial charge in [-0.1, -0.05) is 6.42 Å². The first-order chi connectivity index (χ1) is 6.40.